The van der Waals surface area contributed by atoms with Crippen LogP contribution in [-0.4, -0.2) is 6.04 Å². The van der Waals surface area contributed by atoms with E-state index in [2.05, 4.69) is 86.8 Å². The van der Waals surface area contributed by atoms with E-state index >= 15 is 0 Å². The first-order chi connectivity index (χ1) is 11.6. The van der Waals surface area contributed by atoms with Crippen molar-refractivity contribution >= 4 is 10.8 Å². The third kappa shape index (κ3) is 4.04. The lowest BCUT2D eigenvalue weighted by molar-refractivity contribution is 0.515. The van der Waals surface area contributed by atoms with Crippen LogP contribution in [0.2, 0.25) is 0 Å². The van der Waals surface area contributed by atoms with Crippen LogP contribution in [0.25, 0.3) is 10.8 Å². The van der Waals surface area contributed by atoms with Gasteiger partial charge in [0.05, 0.1) is 0 Å². The topological polar surface area (TPSA) is 12.0 Å². The fraction of sp³-hybridized carbons (Fsp3) is 0.304. The highest BCUT2D eigenvalue weighted by molar-refractivity contribution is 5.85. The molecule has 0 bridgehead atoms. The van der Waals surface area contributed by atoms with E-state index in [9.17, 15) is 0 Å². The summed E-state index contributed by atoms with van der Waals surface area (Å²) in [5, 5.41) is 6.36. The summed E-state index contributed by atoms with van der Waals surface area (Å²) in [6.07, 6.45) is 2.29. The lowest BCUT2D eigenvalue weighted by atomic mass is 10.0. The molecule has 0 aliphatic carbocycles. The molecule has 0 aliphatic heterocycles. The van der Waals surface area contributed by atoms with Gasteiger partial charge in [-0.3, -0.25) is 0 Å². The van der Waals surface area contributed by atoms with E-state index in [-0.39, 0.29) is 0 Å². The molecule has 0 amide bonds. The minimum Gasteiger partial charge on any atom is -0.310 e. The largest absolute Gasteiger partial charge is 0.310 e. The molecule has 0 saturated heterocycles. The molecule has 0 saturated carbocycles. The van der Waals surface area contributed by atoms with Crippen LogP contribution in [0.1, 0.15) is 35.6 Å². The van der Waals surface area contributed by atoms with Gasteiger partial charge in [0.15, 0.2) is 0 Å². The minimum atomic E-state index is 0.505. The van der Waals surface area contributed by atoms with Crippen LogP contribution in [0.15, 0.2) is 60.7 Å². The van der Waals surface area contributed by atoms with Crippen molar-refractivity contribution in [3.63, 3.8) is 0 Å². The van der Waals surface area contributed by atoms with Gasteiger partial charge in [-0.15, -0.1) is 0 Å². The van der Waals surface area contributed by atoms with Crippen molar-refractivity contribution in [3.8, 4) is 0 Å². The molecule has 0 aliphatic rings. The number of hydrogen-bond donors (Lipinski definition) is 1. The molecule has 1 nitrogen and oxygen atoms in total. The highest BCUT2D eigenvalue weighted by Crippen LogP contribution is 2.18. The molecule has 3 aromatic rings. The Bertz CT molecular complexity index is 814. The molecule has 0 spiro atoms. The van der Waals surface area contributed by atoms with Gasteiger partial charge in [0, 0.05) is 12.6 Å². The summed E-state index contributed by atoms with van der Waals surface area (Å²) in [4.78, 5) is 0. The first kappa shape index (κ1) is 16.7. The van der Waals surface area contributed by atoms with Crippen molar-refractivity contribution in [2.45, 2.75) is 46.2 Å². The maximum absolute atomic E-state index is 3.69. The van der Waals surface area contributed by atoms with E-state index in [0.29, 0.717) is 6.04 Å². The maximum Gasteiger partial charge on any atom is 0.0214 e. The Hall–Kier alpha value is -2.12. The van der Waals surface area contributed by atoms with E-state index in [1.165, 1.54) is 33.0 Å². The van der Waals surface area contributed by atoms with E-state index in [0.717, 1.165) is 19.4 Å². The third-order valence-electron chi connectivity index (χ3n) is 4.96. The molecular formula is C23H27N. The van der Waals surface area contributed by atoms with Crippen LogP contribution >= 0.6 is 0 Å². The van der Waals surface area contributed by atoms with Crippen LogP contribution < -0.4 is 5.32 Å². The molecule has 1 heteroatoms. The summed E-state index contributed by atoms with van der Waals surface area (Å²) in [5.74, 6) is 0. The number of hydrogen-bond acceptors (Lipinski definition) is 1. The monoisotopic (exact) mass is 317 g/mol. The highest BCUT2D eigenvalue weighted by Gasteiger charge is 2.05. The van der Waals surface area contributed by atoms with Crippen molar-refractivity contribution in [2.75, 3.05) is 0 Å². The van der Waals surface area contributed by atoms with E-state index in [4.69, 9.17) is 0 Å². The number of nitrogens with one attached hydrogen (secondary N) is 1. The van der Waals surface area contributed by atoms with Crippen LogP contribution in [0.4, 0.5) is 0 Å². The van der Waals surface area contributed by atoms with Gasteiger partial charge in [-0.25, -0.2) is 0 Å². The molecule has 0 aromatic heterocycles. The van der Waals surface area contributed by atoms with Gasteiger partial charge in [-0.05, 0) is 66.6 Å². The summed E-state index contributed by atoms with van der Waals surface area (Å²) >= 11 is 0. The number of aryl methyl sites for hydroxylation is 3. The van der Waals surface area contributed by atoms with E-state index in [1.54, 1.807) is 0 Å². The molecule has 24 heavy (non-hydrogen) atoms. The molecule has 0 fully saturated rings. The second-order valence-corrected chi connectivity index (χ2v) is 6.88. The van der Waals surface area contributed by atoms with Crippen molar-refractivity contribution in [1.29, 1.82) is 0 Å². The Morgan fingerprint density at radius 1 is 0.875 bits per heavy atom. The van der Waals surface area contributed by atoms with Crippen LogP contribution in [0, 0.1) is 13.8 Å². The molecule has 1 N–H and O–H groups in total. The maximum atomic E-state index is 3.69. The Morgan fingerprint density at radius 2 is 1.67 bits per heavy atom. The molecule has 1 unspecified atom stereocenters. The third-order valence-corrected chi connectivity index (χ3v) is 4.96. The van der Waals surface area contributed by atoms with Gasteiger partial charge in [0.2, 0.25) is 0 Å². The Morgan fingerprint density at radius 3 is 2.50 bits per heavy atom. The van der Waals surface area contributed by atoms with E-state index in [1.807, 2.05) is 0 Å². The summed E-state index contributed by atoms with van der Waals surface area (Å²) in [6, 6.07) is 22.5. The van der Waals surface area contributed by atoms with Gasteiger partial charge < -0.3 is 5.32 Å². The second kappa shape index (κ2) is 7.63. The number of fused-ring (bicyclic) bond motifs is 1. The predicted molar refractivity (Wildman–Crippen MR) is 104 cm³/mol. The van der Waals surface area contributed by atoms with Crippen LogP contribution in [-0.2, 0) is 13.0 Å². The molecule has 0 heterocycles. The fourth-order valence-corrected chi connectivity index (χ4v) is 3.18. The fourth-order valence-electron chi connectivity index (χ4n) is 3.18. The smallest absolute Gasteiger partial charge is 0.0214 e. The summed E-state index contributed by atoms with van der Waals surface area (Å²) in [6.45, 7) is 7.58. The van der Waals surface area contributed by atoms with Gasteiger partial charge in [0.1, 0.15) is 0 Å². The minimum absolute atomic E-state index is 0.505. The van der Waals surface area contributed by atoms with Gasteiger partial charge >= 0.3 is 0 Å². The first-order valence-electron chi connectivity index (χ1n) is 8.89. The molecular weight excluding hydrogens is 290 g/mol. The Kier molecular flexibility index (Phi) is 5.32. The molecule has 124 valence electrons. The summed E-state index contributed by atoms with van der Waals surface area (Å²) in [5.41, 5.74) is 5.59. The average molecular weight is 317 g/mol. The quantitative estimate of drug-likeness (QED) is 0.627. The van der Waals surface area contributed by atoms with Gasteiger partial charge in [-0.1, -0.05) is 60.7 Å². The van der Waals surface area contributed by atoms with Crippen LogP contribution in [0.5, 0.6) is 0 Å². The zero-order valence-corrected chi connectivity index (χ0v) is 15.0. The second-order valence-electron chi connectivity index (χ2n) is 6.88. The van der Waals surface area contributed by atoms with Crippen molar-refractivity contribution in [1.82, 2.24) is 5.32 Å². The van der Waals surface area contributed by atoms with Gasteiger partial charge in [0.25, 0.3) is 0 Å². The van der Waals surface area contributed by atoms with Crippen molar-refractivity contribution in [3.05, 3.63) is 82.9 Å². The Balaban J connectivity index is 1.57. The summed E-state index contributed by atoms with van der Waals surface area (Å²) < 4.78 is 0. The standard InChI is InChI=1S/C23H27N/c1-17-11-13-20(15-18(17)2)14-12-19(3)24-16-22-9-6-8-21-7-4-5-10-23(21)22/h4-11,13,15,19,24H,12,14,16H2,1-3H3. The first-order valence-corrected chi connectivity index (χ1v) is 8.89. The summed E-state index contributed by atoms with van der Waals surface area (Å²) in [7, 11) is 0. The SMILES string of the molecule is Cc1ccc(CCC(C)NCc2cccc3ccccc23)cc1C. The molecule has 3 aromatic carbocycles. The molecule has 0 radical (unpaired) electrons. The molecule has 1 atom stereocenters. The molecule has 3 rings (SSSR count). The predicted octanol–water partition coefficient (Wildman–Crippen LogP) is 5.57. The lowest BCUT2D eigenvalue weighted by Crippen LogP contribution is -2.26. The zero-order chi connectivity index (χ0) is 16.9. The normalized spacial score (nSPS) is 12.5. The highest BCUT2D eigenvalue weighted by atomic mass is 14.9. The average Bonchev–Trinajstić information content (AvgIpc) is 2.61. The van der Waals surface area contributed by atoms with Crippen molar-refractivity contribution in [2.24, 2.45) is 0 Å². The zero-order valence-electron chi connectivity index (χ0n) is 15.0. The number of benzene rings is 3. The lowest BCUT2D eigenvalue weighted by Gasteiger charge is -2.15. The van der Waals surface area contributed by atoms with E-state index < -0.39 is 0 Å². The van der Waals surface area contributed by atoms with Crippen LogP contribution in [0.3, 0.4) is 0 Å². The number of rotatable bonds is 6. The Labute approximate surface area is 145 Å². The van der Waals surface area contributed by atoms with Gasteiger partial charge in [-0.2, -0.15) is 0 Å². The van der Waals surface area contributed by atoms with Crippen molar-refractivity contribution < 1.29 is 0 Å².